The summed E-state index contributed by atoms with van der Waals surface area (Å²) in [5.74, 6) is -1.07. The molecule has 1 N–H and O–H groups in total. The summed E-state index contributed by atoms with van der Waals surface area (Å²) in [6, 6.07) is 13.2. The number of hydrogen-bond donors (Lipinski definition) is 1. The number of thiazole rings is 1. The van der Waals surface area contributed by atoms with Gasteiger partial charge in [-0.15, -0.1) is 11.3 Å². The Morgan fingerprint density at radius 2 is 1.74 bits per heavy atom. The fraction of sp³-hybridized carbons (Fsp3) is 0.174. The first-order valence-corrected chi connectivity index (χ1v) is 11.1. The van der Waals surface area contributed by atoms with E-state index in [9.17, 15) is 14.7 Å². The molecule has 1 fully saturated rings. The van der Waals surface area contributed by atoms with Gasteiger partial charge >= 0.3 is 5.91 Å². The number of benzene rings is 2. The molecule has 158 valence electrons. The predicted octanol–water partition coefficient (Wildman–Crippen LogP) is 5.16. The van der Waals surface area contributed by atoms with E-state index in [2.05, 4.69) is 20.9 Å². The van der Waals surface area contributed by atoms with E-state index in [1.165, 1.54) is 16.2 Å². The maximum absolute atomic E-state index is 13.1. The number of carbonyl (C=O) groups is 2. The lowest BCUT2D eigenvalue weighted by atomic mass is 9.95. The first-order valence-electron chi connectivity index (χ1n) is 9.46. The summed E-state index contributed by atoms with van der Waals surface area (Å²) in [5.41, 5.74) is 1.95. The number of aromatic nitrogens is 1. The number of aliphatic hydroxyl groups excluding tert-OH is 1. The fourth-order valence-corrected chi connectivity index (χ4v) is 4.65. The SMILES string of the molecule is COc1ccc(/C(O)=C2\C(=O)C(=O)N(c3nc(C)c(C)s3)C2c2ccc(Br)cc2)cc1. The van der Waals surface area contributed by atoms with Crippen molar-refractivity contribution in [2.45, 2.75) is 19.9 Å². The molecule has 1 amide bonds. The van der Waals surface area contributed by atoms with Crippen molar-refractivity contribution in [2.24, 2.45) is 0 Å². The van der Waals surface area contributed by atoms with Gasteiger partial charge in [0.05, 0.1) is 24.4 Å². The number of methoxy groups -OCH3 is 1. The van der Waals surface area contributed by atoms with Crippen molar-refractivity contribution >= 4 is 49.8 Å². The van der Waals surface area contributed by atoms with Crippen LogP contribution in [0.4, 0.5) is 5.13 Å². The third-order valence-electron chi connectivity index (χ3n) is 5.22. The monoisotopic (exact) mass is 498 g/mol. The van der Waals surface area contributed by atoms with Gasteiger partial charge in [-0.2, -0.15) is 0 Å². The lowest BCUT2D eigenvalue weighted by Crippen LogP contribution is -2.29. The van der Waals surface area contributed by atoms with Crippen LogP contribution in [0.5, 0.6) is 5.75 Å². The Balaban J connectivity index is 1.92. The highest BCUT2D eigenvalue weighted by Gasteiger charge is 2.48. The maximum atomic E-state index is 13.1. The number of hydrogen-bond acceptors (Lipinski definition) is 6. The molecular formula is C23H19BrN2O4S. The van der Waals surface area contributed by atoms with Gasteiger partial charge in [0.25, 0.3) is 5.78 Å². The van der Waals surface area contributed by atoms with Crippen LogP contribution in [0.15, 0.2) is 58.6 Å². The molecule has 4 rings (SSSR count). The predicted molar refractivity (Wildman–Crippen MR) is 124 cm³/mol. The van der Waals surface area contributed by atoms with E-state index in [0.717, 1.165) is 15.0 Å². The summed E-state index contributed by atoms with van der Waals surface area (Å²) >= 11 is 4.76. The molecular weight excluding hydrogens is 480 g/mol. The number of rotatable bonds is 4. The molecule has 1 aliphatic heterocycles. The van der Waals surface area contributed by atoms with Gasteiger partial charge in [0.15, 0.2) is 5.13 Å². The smallest absolute Gasteiger partial charge is 0.301 e. The molecule has 1 aliphatic rings. The number of nitrogens with zero attached hydrogens (tertiary/aromatic N) is 2. The van der Waals surface area contributed by atoms with Crippen molar-refractivity contribution in [3.8, 4) is 5.75 Å². The second kappa shape index (κ2) is 8.28. The number of ether oxygens (including phenoxy) is 1. The highest BCUT2D eigenvalue weighted by Crippen LogP contribution is 2.44. The zero-order valence-electron chi connectivity index (χ0n) is 17.0. The van der Waals surface area contributed by atoms with Gasteiger partial charge in [0, 0.05) is 14.9 Å². The molecule has 2 heterocycles. The Morgan fingerprint density at radius 1 is 1.10 bits per heavy atom. The lowest BCUT2D eigenvalue weighted by molar-refractivity contribution is -0.132. The fourth-order valence-electron chi connectivity index (χ4n) is 3.45. The molecule has 1 saturated heterocycles. The van der Waals surface area contributed by atoms with Crippen LogP contribution in [0.1, 0.15) is 27.7 Å². The molecule has 8 heteroatoms. The molecule has 1 aromatic heterocycles. The van der Waals surface area contributed by atoms with Crippen LogP contribution in [0.2, 0.25) is 0 Å². The van der Waals surface area contributed by atoms with E-state index in [1.54, 1.807) is 31.4 Å². The maximum Gasteiger partial charge on any atom is 0.301 e. The second-order valence-corrected chi connectivity index (χ2v) is 9.18. The number of carbonyl (C=O) groups excluding carboxylic acids is 2. The van der Waals surface area contributed by atoms with Gasteiger partial charge in [0.2, 0.25) is 0 Å². The summed E-state index contributed by atoms with van der Waals surface area (Å²) in [7, 11) is 1.55. The minimum Gasteiger partial charge on any atom is -0.507 e. The van der Waals surface area contributed by atoms with Crippen molar-refractivity contribution < 1.29 is 19.4 Å². The van der Waals surface area contributed by atoms with Crippen LogP contribution in [-0.4, -0.2) is 28.9 Å². The molecule has 0 bridgehead atoms. The molecule has 0 radical (unpaired) electrons. The quantitative estimate of drug-likeness (QED) is 0.305. The average molecular weight is 499 g/mol. The van der Waals surface area contributed by atoms with Gasteiger partial charge in [-0.3, -0.25) is 14.5 Å². The molecule has 6 nitrogen and oxygen atoms in total. The zero-order chi connectivity index (χ0) is 22.3. The molecule has 0 aliphatic carbocycles. The zero-order valence-corrected chi connectivity index (χ0v) is 19.5. The molecule has 0 spiro atoms. The van der Waals surface area contributed by atoms with Crippen LogP contribution in [-0.2, 0) is 9.59 Å². The number of aliphatic hydroxyl groups is 1. The molecule has 1 atom stereocenters. The molecule has 2 aromatic carbocycles. The molecule has 31 heavy (non-hydrogen) atoms. The van der Waals surface area contributed by atoms with E-state index in [1.807, 2.05) is 38.1 Å². The van der Waals surface area contributed by atoms with Crippen molar-refractivity contribution in [1.82, 2.24) is 4.98 Å². The van der Waals surface area contributed by atoms with Crippen LogP contribution in [0, 0.1) is 13.8 Å². The van der Waals surface area contributed by atoms with Crippen molar-refractivity contribution in [3.63, 3.8) is 0 Å². The Hall–Kier alpha value is -2.97. The Labute approximate surface area is 191 Å². The van der Waals surface area contributed by atoms with Gasteiger partial charge in [-0.25, -0.2) is 4.98 Å². The van der Waals surface area contributed by atoms with Crippen LogP contribution in [0.3, 0.4) is 0 Å². The summed E-state index contributed by atoms with van der Waals surface area (Å²) in [5, 5.41) is 11.5. The van der Waals surface area contributed by atoms with Crippen molar-refractivity contribution in [1.29, 1.82) is 0 Å². The van der Waals surface area contributed by atoms with Crippen molar-refractivity contribution in [3.05, 3.63) is 80.3 Å². The average Bonchev–Trinajstić information content (AvgIpc) is 3.23. The van der Waals surface area contributed by atoms with Gasteiger partial charge in [-0.05, 0) is 55.8 Å². The number of amides is 1. The number of halogens is 1. The highest BCUT2D eigenvalue weighted by molar-refractivity contribution is 9.10. The van der Waals surface area contributed by atoms with Gasteiger partial charge in [0.1, 0.15) is 11.5 Å². The third kappa shape index (κ3) is 3.77. The standard InChI is InChI=1S/C23H19BrN2O4S/c1-12-13(2)31-23(25-12)26-19(14-4-8-16(24)9-5-14)18(21(28)22(26)29)20(27)15-6-10-17(30-3)11-7-15/h4-11,19,27H,1-3H3/b20-18+. The van der Waals surface area contributed by atoms with E-state index < -0.39 is 17.7 Å². The van der Waals surface area contributed by atoms with Crippen LogP contribution >= 0.6 is 27.3 Å². The minimum atomic E-state index is -0.792. The lowest BCUT2D eigenvalue weighted by Gasteiger charge is -2.23. The topological polar surface area (TPSA) is 79.7 Å². The van der Waals surface area contributed by atoms with Crippen LogP contribution < -0.4 is 9.64 Å². The van der Waals surface area contributed by atoms with Gasteiger partial charge < -0.3 is 9.84 Å². The number of aryl methyl sites for hydroxylation is 2. The van der Waals surface area contributed by atoms with E-state index in [0.29, 0.717) is 22.0 Å². The highest BCUT2D eigenvalue weighted by atomic mass is 79.9. The van der Waals surface area contributed by atoms with E-state index >= 15 is 0 Å². The summed E-state index contributed by atoms with van der Waals surface area (Å²) in [4.78, 5) is 33.0. The first kappa shape index (κ1) is 21.3. The molecule has 1 unspecified atom stereocenters. The number of Topliss-reactive ketones (excluding diaryl/α,β-unsaturated/α-hetero) is 1. The normalized spacial score (nSPS) is 17.9. The Kier molecular flexibility index (Phi) is 5.68. The number of ketones is 1. The summed E-state index contributed by atoms with van der Waals surface area (Å²) < 4.78 is 6.03. The van der Waals surface area contributed by atoms with E-state index in [4.69, 9.17) is 4.74 Å². The van der Waals surface area contributed by atoms with Crippen molar-refractivity contribution in [2.75, 3.05) is 12.0 Å². The number of anilines is 1. The van der Waals surface area contributed by atoms with E-state index in [-0.39, 0.29) is 11.3 Å². The first-order chi connectivity index (χ1) is 14.8. The molecule has 3 aromatic rings. The largest absolute Gasteiger partial charge is 0.507 e. The Bertz CT molecular complexity index is 1180. The van der Waals surface area contributed by atoms with Crippen LogP contribution in [0.25, 0.3) is 5.76 Å². The second-order valence-electron chi connectivity index (χ2n) is 7.09. The Morgan fingerprint density at radius 3 is 2.29 bits per heavy atom. The summed E-state index contributed by atoms with van der Waals surface area (Å²) in [6.07, 6.45) is 0. The molecule has 0 saturated carbocycles. The summed E-state index contributed by atoms with van der Waals surface area (Å²) in [6.45, 7) is 3.77. The third-order valence-corrected chi connectivity index (χ3v) is 6.82. The van der Waals surface area contributed by atoms with Gasteiger partial charge in [-0.1, -0.05) is 28.1 Å². The minimum absolute atomic E-state index is 0.0306.